The van der Waals surface area contributed by atoms with Crippen molar-refractivity contribution in [3.05, 3.63) is 140 Å². The smallest absolute Gasteiger partial charge is 0.235 e. The van der Waals surface area contributed by atoms with Crippen LogP contribution in [-0.4, -0.2) is 14.5 Å². The van der Waals surface area contributed by atoms with E-state index >= 15 is 0 Å². The van der Waals surface area contributed by atoms with Crippen LogP contribution in [0.4, 0.5) is 0 Å². The van der Waals surface area contributed by atoms with Gasteiger partial charge in [0.1, 0.15) is 11.2 Å². The first-order valence-electron chi connectivity index (χ1n) is 15.8. The number of furan rings is 1. The molecule has 0 N–H and O–H groups in total. The highest BCUT2D eigenvalue weighted by molar-refractivity contribution is 7.26. The van der Waals surface area contributed by atoms with Gasteiger partial charge in [-0.3, -0.25) is 4.57 Å². The molecule has 0 aliphatic heterocycles. The Balaban J connectivity index is 1.29. The average molecular weight is 618 g/mol. The van der Waals surface area contributed by atoms with Gasteiger partial charge in [-0.25, -0.2) is 9.97 Å². The first kappa shape index (κ1) is 25.2. The number of benzene rings is 7. The van der Waals surface area contributed by atoms with Crippen molar-refractivity contribution < 1.29 is 4.42 Å². The van der Waals surface area contributed by atoms with Crippen molar-refractivity contribution in [2.45, 2.75) is 0 Å². The Hall–Kier alpha value is -6.04. The van der Waals surface area contributed by atoms with Crippen molar-refractivity contribution in [2.75, 3.05) is 0 Å². The van der Waals surface area contributed by atoms with Gasteiger partial charge in [0.15, 0.2) is 0 Å². The lowest BCUT2D eigenvalue weighted by Gasteiger charge is -2.12. The lowest BCUT2D eigenvalue weighted by molar-refractivity contribution is 0.669. The van der Waals surface area contributed by atoms with E-state index in [1.807, 2.05) is 12.1 Å². The summed E-state index contributed by atoms with van der Waals surface area (Å²) in [7, 11) is 0. The molecule has 0 bridgehead atoms. The Morgan fingerprint density at radius 2 is 1.28 bits per heavy atom. The van der Waals surface area contributed by atoms with Gasteiger partial charge >= 0.3 is 0 Å². The number of hydrogen-bond acceptors (Lipinski definition) is 4. The highest BCUT2D eigenvalue weighted by atomic mass is 32.1. The fourth-order valence-corrected chi connectivity index (χ4v) is 8.67. The molecule has 0 spiro atoms. The summed E-state index contributed by atoms with van der Waals surface area (Å²) in [5.41, 5.74) is 7.02. The molecule has 5 heteroatoms. The van der Waals surface area contributed by atoms with Gasteiger partial charge in [0, 0.05) is 37.2 Å². The zero-order valence-corrected chi connectivity index (χ0v) is 25.8. The van der Waals surface area contributed by atoms with Gasteiger partial charge in [0.2, 0.25) is 5.95 Å². The molecule has 7 aromatic carbocycles. The van der Waals surface area contributed by atoms with Crippen LogP contribution >= 0.6 is 11.3 Å². The van der Waals surface area contributed by atoms with Crippen molar-refractivity contribution in [1.29, 1.82) is 0 Å². The molecular weight excluding hydrogens is 595 g/mol. The van der Waals surface area contributed by atoms with E-state index in [-0.39, 0.29) is 0 Å². The molecular formula is C42H23N3OS. The second-order valence-corrected chi connectivity index (χ2v) is 13.2. The quantitative estimate of drug-likeness (QED) is 0.194. The van der Waals surface area contributed by atoms with Crippen LogP contribution in [0.15, 0.2) is 144 Å². The normalized spacial score (nSPS) is 12.3. The molecule has 0 unspecified atom stereocenters. The van der Waals surface area contributed by atoms with Gasteiger partial charge in [0.05, 0.1) is 26.9 Å². The average Bonchev–Trinajstić information content (AvgIpc) is 3.79. The third kappa shape index (κ3) is 3.46. The number of hydrogen-bond donors (Lipinski definition) is 0. The maximum atomic E-state index is 6.26. The Kier molecular flexibility index (Phi) is 4.96. The van der Waals surface area contributed by atoms with Crippen molar-refractivity contribution in [3.63, 3.8) is 0 Å². The van der Waals surface area contributed by atoms with E-state index in [0.29, 0.717) is 5.95 Å². The third-order valence-corrected chi connectivity index (χ3v) is 10.8. The monoisotopic (exact) mass is 617 g/mol. The summed E-state index contributed by atoms with van der Waals surface area (Å²) in [6.07, 6.45) is 0. The Morgan fingerprint density at radius 3 is 2.21 bits per heavy atom. The maximum absolute atomic E-state index is 6.26. The summed E-state index contributed by atoms with van der Waals surface area (Å²) in [5.74, 6) is 0.671. The summed E-state index contributed by atoms with van der Waals surface area (Å²) >= 11 is 1.77. The van der Waals surface area contributed by atoms with Gasteiger partial charge in [0.25, 0.3) is 0 Å². The van der Waals surface area contributed by atoms with Crippen molar-refractivity contribution in [3.8, 4) is 17.2 Å². The fourth-order valence-electron chi connectivity index (χ4n) is 7.52. The molecule has 0 aliphatic rings. The number of thiophene rings is 1. The first-order chi connectivity index (χ1) is 23.3. The van der Waals surface area contributed by atoms with E-state index < -0.39 is 0 Å². The Bertz CT molecular complexity index is 3090. The summed E-state index contributed by atoms with van der Waals surface area (Å²) in [5, 5.41) is 10.5. The number of nitrogens with zero attached hydrogens (tertiary/aromatic N) is 3. The predicted octanol–water partition coefficient (Wildman–Crippen LogP) is 11.8. The second kappa shape index (κ2) is 9.25. The SMILES string of the molecule is c1ccc2c(-c3nc(-n4c5ccccc5c5cc6c(ccc7oc8ccccc8c76)cc54)nc4c3sc3ccccc34)cccc2c1. The molecule has 11 rings (SSSR count). The van der Waals surface area contributed by atoms with Gasteiger partial charge in [-0.2, -0.15) is 0 Å². The lowest BCUT2D eigenvalue weighted by atomic mass is 10.0. The number of rotatable bonds is 2. The van der Waals surface area contributed by atoms with Crippen molar-refractivity contribution in [1.82, 2.24) is 14.5 Å². The molecule has 0 saturated heterocycles. The highest BCUT2D eigenvalue weighted by Crippen LogP contribution is 2.43. The van der Waals surface area contributed by atoms with Gasteiger partial charge in [-0.1, -0.05) is 103 Å². The fraction of sp³-hybridized carbons (Fsp3) is 0. The molecule has 11 aromatic rings. The van der Waals surface area contributed by atoms with Crippen molar-refractivity contribution in [2.24, 2.45) is 0 Å². The Morgan fingerprint density at radius 1 is 0.511 bits per heavy atom. The summed E-state index contributed by atoms with van der Waals surface area (Å²) in [6.45, 7) is 0. The third-order valence-electron chi connectivity index (χ3n) is 9.60. The van der Waals surface area contributed by atoms with E-state index in [1.54, 1.807) is 11.3 Å². The molecule has 0 aliphatic carbocycles. The number of aromatic nitrogens is 3. The molecule has 0 saturated carbocycles. The van der Waals surface area contributed by atoms with Crippen LogP contribution < -0.4 is 0 Å². The van der Waals surface area contributed by atoms with E-state index in [0.717, 1.165) is 70.6 Å². The zero-order valence-electron chi connectivity index (χ0n) is 24.9. The minimum absolute atomic E-state index is 0.671. The van der Waals surface area contributed by atoms with E-state index in [1.165, 1.54) is 26.2 Å². The Labute approximate surface area is 271 Å². The van der Waals surface area contributed by atoms with Crippen LogP contribution in [-0.2, 0) is 0 Å². The van der Waals surface area contributed by atoms with Crippen LogP contribution in [0.1, 0.15) is 0 Å². The molecule has 0 fully saturated rings. The highest BCUT2D eigenvalue weighted by Gasteiger charge is 2.22. The second-order valence-electron chi connectivity index (χ2n) is 12.2. The van der Waals surface area contributed by atoms with E-state index in [9.17, 15) is 0 Å². The predicted molar refractivity (Wildman–Crippen MR) is 197 cm³/mol. The molecule has 47 heavy (non-hydrogen) atoms. The first-order valence-corrected chi connectivity index (χ1v) is 16.6. The van der Waals surface area contributed by atoms with Crippen LogP contribution in [0, 0.1) is 0 Å². The summed E-state index contributed by atoms with van der Waals surface area (Å²) in [4.78, 5) is 10.9. The molecule has 0 radical (unpaired) electrons. The van der Waals surface area contributed by atoms with Crippen LogP contribution in [0.2, 0.25) is 0 Å². The largest absolute Gasteiger partial charge is 0.456 e. The van der Waals surface area contributed by atoms with E-state index in [2.05, 4.69) is 132 Å². The molecule has 4 aromatic heterocycles. The van der Waals surface area contributed by atoms with Crippen molar-refractivity contribution >= 4 is 96.9 Å². The number of fused-ring (bicyclic) bond motifs is 12. The van der Waals surface area contributed by atoms with Crippen LogP contribution in [0.25, 0.3) is 103 Å². The van der Waals surface area contributed by atoms with Crippen LogP contribution in [0.5, 0.6) is 0 Å². The zero-order chi connectivity index (χ0) is 30.6. The minimum Gasteiger partial charge on any atom is -0.456 e. The summed E-state index contributed by atoms with van der Waals surface area (Å²) in [6, 6.07) is 49.4. The van der Waals surface area contributed by atoms with Gasteiger partial charge in [-0.15, -0.1) is 11.3 Å². The molecule has 218 valence electrons. The summed E-state index contributed by atoms with van der Waals surface area (Å²) < 4.78 is 10.8. The molecule has 4 nitrogen and oxygen atoms in total. The lowest BCUT2D eigenvalue weighted by Crippen LogP contribution is -2.03. The molecule has 4 heterocycles. The standard InChI is InChI=1S/C42H23N3OS/c1-2-12-26-24(10-1)11-9-16-28(26)39-41-40(30-15-5-8-19-37(30)47-41)44-42(43-39)45-33-17-6-3-13-27(33)32-23-31-25(22-34(32)45)20-21-36-38(31)29-14-4-7-18-35(29)46-36/h1-23H. The van der Waals surface area contributed by atoms with E-state index in [4.69, 9.17) is 14.4 Å². The van der Waals surface area contributed by atoms with Gasteiger partial charge in [-0.05, 0) is 57.9 Å². The van der Waals surface area contributed by atoms with Crippen LogP contribution in [0.3, 0.4) is 0 Å². The topological polar surface area (TPSA) is 43.9 Å². The maximum Gasteiger partial charge on any atom is 0.235 e. The molecule has 0 amide bonds. The minimum atomic E-state index is 0.671. The molecule has 0 atom stereocenters. The van der Waals surface area contributed by atoms with Gasteiger partial charge < -0.3 is 4.42 Å². The number of para-hydroxylation sites is 2.